The van der Waals surface area contributed by atoms with Gasteiger partial charge in [-0.2, -0.15) is 0 Å². The van der Waals surface area contributed by atoms with Gasteiger partial charge in [0.1, 0.15) is 5.69 Å². The average Bonchev–Trinajstić information content (AvgIpc) is 2.93. The Labute approximate surface area is 128 Å². The van der Waals surface area contributed by atoms with Crippen molar-refractivity contribution in [2.45, 2.75) is 20.3 Å². The summed E-state index contributed by atoms with van der Waals surface area (Å²) in [6, 6.07) is 4.43. The smallest absolute Gasteiger partial charge is 0.293 e. The average molecular weight is 305 g/mol. The van der Waals surface area contributed by atoms with Crippen LogP contribution in [0.1, 0.15) is 30.6 Å². The number of carbonyl (C=O) groups is 2. The van der Waals surface area contributed by atoms with E-state index in [4.69, 9.17) is 0 Å². The number of nitrogens with zero attached hydrogens (tertiary/aromatic N) is 2. The number of carbonyl (C=O) groups excluding carboxylic acids is 2. The minimum absolute atomic E-state index is 0.0549. The van der Waals surface area contributed by atoms with Crippen molar-refractivity contribution in [2.75, 3.05) is 25.0 Å². The van der Waals surface area contributed by atoms with Gasteiger partial charge in [0.2, 0.25) is 5.91 Å². The van der Waals surface area contributed by atoms with Crippen LogP contribution in [0.4, 0.5) is 11.4 Å². The molecule has 118 valence electrons. The molecule has 2 rings (SSSR count). The zero-order chi connectivity index (χ0) is 16.3. The molecule has 0 saturated carbocycles. The summed E-state index contributed by atoms with van der Waals surface area (Å²) in [5.74, 6) is 0.123. The van der Waals surface area contributed by atoms with Crippen molar-refractivity contribution >= 4 is 23.1 Å². The van der Waals surface area contributed by atoms with Crippen LogP contribution in [0.3, 0.4) is 0 Å². The third-order valence-corrected chi connectivity index (χ3v) is 3.91. The molecule has 1 aliphatic rings. The molecule has 1 amide bonds. The second-order valence-corrected chi connectivity index (χ2v) is 5.55. The third kappa shape index (κ3) is 3.60. The number of rotatable bonds is 5. The molecule has 1 saturated heterocycles. The van der Waals surface area contributed by atoms with E-state index in [1.807, 2.05) is 0 Å². The maximum atomic E-state index is 11.3. The molecule has 0 radical (unpaired) electrons. The zero-order valence-electron chi connectivity index (χ0n) is 12.7. The van der Waals surface area contributed by atoms with Crippen molar-refractivity contribution in [2.24, 2.45) is 5.92 Å². The lowest BCUT2D eigenvalue weighted by molar-refractivity contribution is -0.384. The maximum absolute atomic E-state index is 11.3. The summed E-state index contributed by atoms with van der Waals surface area (Å²) in [7, 11) is 0. The van der Waals surface area contributed by atoms with Gasteiger partial charge in [0.25, 0.3) is 5.69 Å². The number of hydrogen-bond acceptors (Lipinski definition) is 5. The fourth-order valence-corrected chi connectivity index (χ4v) is 2.59. The van der Waals surface area contributed by atoms with Crippen LogP contribution in [0.25, 0.3) is 0 Å². The first-order chi connectivity index (χ1) is 10.4. The van der Waals surface area contributed by atoms with Gasteiger partial charge in [0.15, 0.2) is 5.78 Å². The van der Waals surface area contributed by atoms with Gasteiger partial charge in [-0.3, -0.25) is 19.7 Å². The molecule has 1 N–H and O–H groups in total. The van der Waals surface area contributed by atoms with Crippen LogP contribution in [0.5, 0.6) is 0 Å². The summed E-state index contributed by atoms with van der Waals surface area (Å²) in [5.41, 5.74) is 0.617. The van der Waals surface area contributed by atoms with Crippen molar-refractivity contribution < 1.29 is 14.5 Å². The molecule has 0 bridgehead atoms. The maximum Gasteiger partial charge on any atom is 0.293 e. The molecule has 1 aromatic rings. The quantitative estimate of drug-likeness (QED) is 0.511. The fraction of sp³-hybridized carbons (Fsp3) is 0.467. The lowest BCUT2D eigenvalue weighted by Crippen LogP contribution is -2.27. The second-order valence-electron chi connectivity index (χ2n) is 5.55. The molecule has 1 heterocycles. The highest BCUT2D eigenvalue weighted by Gasteiger charge is 2.25. The van der Waals surface area contributed by atoms with Crippen molar-refractivity contribution in [3.63, 3.8) is 0 Å². The summed E-state index contributed by atoms with van der Waals surface area (Å²) in [5, 5.41) is 14.2. The lowest BCUT2D eigenvalue weighted by atomic mass is 10.1. The molecule has 7 nitrogen and oxygen atoms in total. The number of anilines is 1. The summed E-state index contributed by atoms with van der Waals surface area (Å²) in [6.45, 7) is 4.88. The summed E-state index contributed by atoms with van der Waals surface area (Å²) >= 11 is 0. The van der Waals surface area contributed by atoms with Gasteiger partial charge >= 0.3 is 0 Å². The second kappa shape index (κ2) is 6.55. The van der Waals surface area contributed by atoms with E-state index in [9.17, 15) is 19.7 Å². The Morgan fingerprint density at radius 3 is 2.68 bits per heavy atom. The SMILES string of the molecule is CC(=O)c1ccc(NC[C@H]2CCN(C(C)=O)C2)c([N+](=O)[O-])c1. The van der Waals surface area contributed by atoms with Gasteiger partial charge in [0, 0.05) is 38.2 Å². The van der Waals surface area contributed by atoms with Crippen molar-refractivity contribution in [1.29, 1.82) is 0 Å². The number of amides is 1. The van der Waals surface area contributed by atoms with Gasteiger partial charge in [-0.25, -0.2) is 0 Å². The van der Waals surface area contributed by atoms with E-state index >= 15 is 0 Å². The van der Waals surface area contributed by atoms with Crippen LogP contribution in [0.2, 0.25) is 0 Å². The van der Waals surface area contributed by atoms with Crippen LogP contribution in [0, 0.1) is 16.0 Å². The lowest BCUT2D eigenvalue weighted by Gasteiger charge is -2.15. The predicted octanol–water partition coefficient (Wildman–Crippen LogP) is 2.08. The van der Waals surface area contributed by atoms with E-state index in [1.54, 1.807) is 24.0 Å². The molecule has 1 aromatic carbocycles. The first kappa shape index (κ1) is 15.9. The first-order valence-electron chi connectivity index (χ1n) is 7.17. The van der Waals surface area contributed by atoms with Gasteiger partial charge in [0.05, 0.1) is 4.92 Å². The Morgan fingerprint density at radius 1 is 1.41 bits per heavy atom. The van der Waals surface area contributed by atoms with Crippen LogP contribution in [-0.4, -0.2) is 41.1 Å². The normalized spacial score (nSPS) is 17.4. The minimum Gasteiger partial charge on any atom is -0.379 e. The van der Waals surface area contributed by atoms with Crippen molar-refractivity contribution in [3.8, 4) is 0 Å². The Hall–Kier alpha value is -2.44. The molecule has 22 heavy (non-hydrogen) atoms. The highest BCUT2D eigenvalue weighted by molar-refractivity contribution is 5.95. The largest absolute Gasteiger partial charge is 0.379 e. The van der Waals surface area contributed by atoms with E-state index in [1.165, 1.54) is 13.0 Å². The summed E-state index contributed by atoms with van der Waals surface area (Å²) in [4.78, 5) is 35.0. The van der Waals surface area contributed by atoms with Crippen LogP contribution in [-0.2, 0) is 4.79 Å². The van der Waals surface area contributed by atoms with Gasteiger partial charge in [-0.15, -0.1) is 0 Å². The molecule has 1 aliphatic heterocycles. The Balaban J connectivity index is 2.05. The van der Waals surface area contributed by atoms with Crippen LogP contribution < -0.4 is 5.32 Å². The minimum atomic E-state index is -0.495. The van der Waals surface area contributed by atoms with E-state index < -0.39 is 4.92 Å². The highest BCUT2D eigenvalue weighted by Crippen LogP contribution is 2.27. The number of nitro benzene ring substituents is 1. The van der Waals surface area contributed by atoms with Crippen molar-refractivity contribution in [3.05, 3.63) is 33.9 Å². The number of ketones is 1. The Kier molecular flexibility index (Phi) is 4.75. The molecule has 0 aromatic heterocycles. The number of Topliss-reactive ketones (excluding diaryl/α,β-unsaturated/α-hetero) is 1. The number of benzene rings is 1. The monoisotopic (exact) mass is 305 g/mol. The molecule has 1 fully saturated rings. The Morgan fingerprint density at radius 2 is 2.14 bits per heavy atom. The fourth-order valence-electron chi connectivity index (χ4n) is 2.59. The molecule has 1 atom stereocenters. The topological polar surface area (TPSA) is 92.6 Å². The molecular weight excluding hydrogens is 286 g/mol. The third-order valence-electron chi connectivity index (χ3n) is 3.91. The molecular formula is C15H19N3O4. The summed E-state index contributed by atoms with van der Waals surface area (Å²) < 4.78 is 0. The Bertz CT molecular complexity index is 615. The molecule has 0 unspecified atom stereocenters. The van der Waals surface area contributed by atoms with Gasteiger partial charge in [-0.1, -0.05) is 0 Å². The van der Waals surface area contributed by atoms with Gasteiger partial charge in [-0.05, 0) is 31.4 Å². The zero-order valence-corrected chi connectivity index (χ0v) is 12.7. The predicted molar refractivity (Wildman–Crippen MR) is 82.0 cm³/mol. The van der Waals surface area contributed by atoms with Crippen LogP contribution in [0.15, 0.2) is 18.2 Å². The number of hydrogen-bond donors (Lipinski definition) is 1. The van der Waals surface area contributed by atoms with E-state index in [-0.39, 0.29) is 23.3 Å². The number of likely N-dealkylation sites (tertiary alicyclic amines) is 1. The number of nitrogens with one attached hydrogen (secondary N) is 1. The number of nitro groups is 1. The highest BCUT2D eigenvalue weighted by atomic mass is 16.6. The van der Waals surface area contributed by atoms with Crippen LogP contribution >= 0.6 is 0 Å². The van der Waals surface area contributed by atoms with Crippen molar-refractivity contribution in [1.82, 2.24) is 4.90 Å². The first-order valence-corrected chi connectivity index (χ1v) is 7.17. The summed E-state index contributed by atoms with van der Waals surface area (Å²) in [6.07, 6.45) is 0.881. The van der Waals surface area contributed by atoms with E-state index in [2.05, 4.69) is 5.32 Å². The molecule has 0 spiro atoms. The molecule has 0 aliphatic carbocycles. The molecule has 7 heteroatoms. The van der Waals surface area contributed by atoms with E-state index in [0.717, 1.165) is 13.0 Å². The standard InChI is InChI=1S/C15H19N3O4/c1-10(19)13-3-4-14(15(7-13)18(21)22)16-8-12-5-6-17(9-12)11(2)20/h3-4,7,12,16H,5-6,8-9H2,1-2H3/t12-/m1/s1. The van der Waals surface area contributed by atoms with E-state index in [0.29, 0.717) is 24.3 Å². The van der Waals surface area contributed by atoms with Gasteiger partial charge < -0.3 is 10.2 Å².